The normalized spacial score (nSPS) is 17.9. The minimum atomic E-state index is 0.451. The summed E-state index contributed by atoms with van der Waals surface area (Å²) in [6.07, 6.45) is 8.28. The number of aryl methyl sites for hydroxylation is 1. The third-order valence-electron chi connectivity index (χ3n) is 4.06. The SMILES string of the molecule is Cn1ncc2c1CCCC2NCCCOCc1ccco1. The Hall–Kier alpha value is -1.59. The lowest BCUT2D eigenvalue weighted by atomic mass is 9.93. The van der Waals surface area contributed by atoms with Gasteiger partial charge in [0.05, 0.1) is 12.5 Å². The first-order valence-corrected chi connectivity index (χ1v) is 7.69. The zero-order valence-electron chi connectivity index (χ0n) is 12.5. The Bertz CT molecular complexity index is 548. The number of ether oxygens (including phenoxy) is 1. The maximum absolute atomic E-state index is 5.59. The van der Waals surface area contributed by atoms with Crippen molar-refractivity contribution >= 4 is 0 Å². The summed E-state index contributed by atoms with van der Waals surface area (Å²) in [4.78, 5) is 0. The third-order valence-corrected chi connectivity index (χ3v) is 4.06. The second kappa shape index (κ2) is 6.91. The first-order chi connectivity index (χ1) is 10.3. The van der Waals surface area contributed by atoms with E-state index in [0.29, 0.717) is 12.6 Å². The molecule has 1 aliphatic carbocycles. The van der Waals surface area contributed by atoms with Gasteiger partial charge in [0.1, 0.15) is 12.4 Å². The predicted octanol–water partition coefficient (Wildman–Crippen LogP) is 2.59. The standard InChI is InChI=1S/C16H23N3O2/c1-19-16-7-2-6-15(14(16)11-18-19)17-8-4-9-20-12-13-5-3-10-21-13/h3,5,10-11,15,17H,2,4,6-9,12H2,1H3. The summed E-state index contributed by atoms with van der Waals surface area (Å²) < 4.78 is 12.8. The summed E-state index contributed by atoms with van der Waals surface area (Å²) in [5, 5.41) is 8.00. The van der Waals surface area contributed by atoms with E-state index >= 15 is 0 Å². The molecule has 0 fully saturated rings. The van der Waals surface area contributed by atoms with Gasteiger partial charge in [-0.3, -0.25) is 4.68 Å². The molecule has 0 aliphatic heterocycles. The maximum Gasteiger partial charge on any atom is 0.129 e. The van der Waals surface area contributed by atoms with Gasteiger partial charge in [0, 0.05) is 31.0 Å². The topological polar surface area (TPSA) is 52.2 Å². The molecule has 3 rings (SSSR count). The second-order valence-electron chi connectivity index (χ2n) is 5.55. The first kappa shape index (κ1) is 14.4. The summed E-state index contributed by atoms with van der Waals surface area (Å²) in [6, 6.07) is 4.27. The van der Waals surface area contributed by atoms with Crippen LogP contribution in [-0.4, -0.2) is 22.9 Å². The molecule has 0 saturated carbocycles. The molecule has 2 aromatic heterocycles. The van der Waals surface area contributed by atoms with Gasteiger partial charge in [0.15, 0.2) is 0 Å². The van der Waals surface area contributed by atoms with Crippen molar-refractivity contribution < 1.29 is 9.15 Å². The van der Waals surface area contributed by atoms with Crippen LogP contribution in [0.2, 0.25) is 0 Å². The average molecular weight is 289 g/mol. The molecule has 0 spiro atoms. The van der Waals surface area contributed by atoms with E-state index < -0.39 is 0 Å². The van der Waals surface area contributed by atoms with Crippen molar-refractivity contribution in [3.8, 4) is 0 Å². The number of nitrogens with zero attached hydrogens (tertiary/aromatic N) is 2. The van der Waals surface area contributed by atoms with E-state index in [1.165, 1.54) is 24.1 Å². The smallest absolute Gasteiger partial charge is 0.129 e. The molecular formula is C16H23N3O2. The Morgan fingerprint density at radius 1 is 1.52 bits per heavy atom. The van der Waals surface area contributed by atoms with Crippen molar-refractivity contribution in [1.82, 2.24) is 15.1 Å². The molecule has 0 aromatic carbocycles. The number of nitrogens with one attached hydrogen (secondary N) is 1. The molecular weight excluding hydrogens is 266 g/mol. The Morgan fingerprint density at radius 2 is 2.48 bits per heavy atom. The highest BCUT2D eigenvalue weighted by Gasteiger charge is 2.22. The molecule has 1 unspecified atom stereocenters. The fourth-order valence-electron chi connectivity index (χ4n) is 2.94. The highest BCUT2D eigenvalue weighted by molar-refractivity contribution is 5.24. The fraction of sp³-hybridized carbons (Fsp3) is 0.562. The summed E-state index contributed by atoms with van der Waals surface area (Å²) in [7, 11) is 2.03. The molecule has 1 atom stereocenters. The van der Waals surface area contributed by atoms with Crippen LogP contribution in [0.5, 0.6) is 0 Å². The predicted molar refractivity (Wildman–Crippen MR) is 79.9 cm³/mol. The van der Waals surface area contributed by atoms with Gasteiger partial charge in [-0.05, 0) is 44.4 Å². The summed E-state index contributed by atoms with van der Waals surface area (Å²) in [5.74, 6) is 0.884. The van der Waals surface area contributed by atoms with E-state index in [0.717, 1.165) is 31.8 Å². The van der Waals surface area contributed by atoms with Gasteiger partial charge in [0.2, 0.25) is 0 Å². The van der Waals surface area contributed by atoms with Crippen LogP contribution in [0.4, 0.5) is 0 Å². The summed E-state index contributed by atoms with van der Waals surface area (Å²) in [5.41, 5.74) is 2.76. The largest absolute Gasteiger partial charge is 0.467 e. The van der Waals surface area contributed by atoms with Gasteiger partial charge in [-0.25, -0.2) is 0 Å². The van der Waals surface area contributed by atoms with Gasteiger partial charge in [-0.2, -0.15) is 5.10 Å². The Labute approximate surface area is 125 Å². The highest BCUT2D eigenvalue weighted by Crippen LogP contribution is 2.28. The van der Waals surface area contributed by atoms with Crippen molar-refractivity contribution in [3.63, 3.8) is 0 Å². The molecule has 5 nitrogen and oxygen atoms in total. The highest BCUT2D eigenvalue weighted by atomic mass is 16.5. The minimum absolute atomic E-state index is 0.451. The molecule has 21 heavy (non-hydrogen) atoms. The quantitative estimate of drug-likeness (QED) is 0.796. The van der Waals surface area contributed by atoms with Crippen LogP contribution in [-0.2, 0) is 24.8 Å². The maximum atomic E-state index is 5.59. The van der Waals surface area contributed by atoms with Gasteiger partial charge >= 0.3 is 0 Å². The van der Waals surface area contributed by atoms with Gasteiger partial charge in [-0.15, -0.1) is 0 Å². The van der Waals surface area contributed by atoms with Crippen LogP contribution in [0.3, 0.4) is 0 Å². The Morgan fingerprint density at radius 3 is 3.33 bits per heavy atom. The molecule has 5 heteroatoms. The van der Waals surface area contributed by atoms with Gasteiger partial charge in [-0.1, -0.05) is 0 Å². The van der Waals surface area contributed by atoms with Crippen LogP contribution in [0.25, 0.3) is 0 Å². The molecule has 1 N–H and O–H groups in total. The Kier molecular flexibility index (Phi) is 4.72. The minimum Gasteiger partial charge on any atom is -0.467 e. The van der Waals surface area contributed by atoms with Crippen LogP contribution in [0.1, 0.15) is 42.3 Å². The van der Waals surface area contributed by atoms with Crippen LogP contribution < -0.4 is 5.32 Å². The lowest BCUT2D eigenvalue weighted by Gasteiger charge is -2.23. The molecule has 0 radical (unpaired) electrons. The Balaban J connectivity index is 1.36. The second-order valence-corrected chi connectivity index (χ2v) is 5.55. The fourth-order valence-corrected chi connectivity index (χ4v) is 2.94. The zero-order valence-corrected chi connectivity index (χ0v) is 12.5. The summed E-state index contributed by atoms with van der Waals surface area (Å²) >= 11 is 0. The molecule has 2 heterocycles. The van der Waals surface area contributed by atoms with Crippen LogP contribution >= 0.6 is 0 Å². The van der Waals surface area contributed by atoms with E-state index in [1.807, 2.05) is 30.1 Å². The number of fused-ring (bicyclic) bond motifs is 1. The molecule has 114 valence electrons. The van der Waals surface area contributed by atoms with E-state index in [1.54, 1.807) is 6.26 Å². The van der Waals surface area contributed by atoms with E-state index in [-0.39, 0.29) is 0 Å². The first-order valence-electron chi connectivity index (χ1n) is 7.69. The lowest BCUT2D eigenvalue weighted by molar-refractivity contribution is 0.103. The third kappa shape index (κ3) is 3.54. The molecule has 0 bridgehead atoms. The van der Waals surface area contributed by atoms with Crippen molar-refractivity contribution in [2.75, 3.05) is 13.2 Å². The monoisotopic (exact) mass is 289 g/mol. The number of hydrogen-bond donors (Lipinski definition) is 1. The van der Waals surface area contributed by atoms with Crippen LogP contribution in [0, 0.1) is 0 Å². The molecule has 2 aromatic rings. The van der Waals surface area contributed by atoms with E-state index in [4.69, 9.17) is 9.15 Å². The molecule has 0 amide bonds. The van der Waals surface area contributed by atoms with Crippen molar-refractivity contribution in [1.29, 1.82) is 0 Å². The van der Waals surface area contributed by atoms with Crippen molar-refractivity contribution in [2.24, 2.45) is 7.05 Å². The number of hydrogen-bond acceptors (Lipinski definition) is 4. The number of furan rings is 1. The van der Waals surface area contributed by atoms with E-state index in [2.05, 4.69) is 10.4 Å². The average Bonchev–Trinajstić information content (AvgIpc) is 3.14. The molecule has 0 saturated heterocycles. The van der Waals surface area contributed by atoms with Gasteiger partial charge < -0.3 is 14.5 Å². The lowest BCUT2D eigenvalue weighted by Crippen LogP contribution is -2.26. The van der Waals surface area contributed by atoms with E-state index in [9.17, 15) is 0 Å². The number of aromatic nitrogens is 2. The zero-order chi connectivity index (χ0) is 14.5. The summed E-state index contributed by atoms with van der Waals surface area (Å²) in [6.45, 7) is 2.28. The number of rotatable bonds is 7. The molecule has 1 aliphatic rings. The van der Waals surface area contributed by atoms with Crippen molar-refractivity contribution in [2.45, 2.75) is 38.3 Å². The van der Waals surface area contributed by atoms with Crippen LogP contribution in [0.15, 0.2) is 29.0 Å². The van der Waals surface area contributed by atoms with Crippen molar-refractivity contribution in [3.05, 3.63) is 41.6 Å². The van der Waals surface area contributed by atoms with Gasteiger partial charge in [0.25, 0.3) is 0 Å².